The molecule has 0 N–H and O–H groups in total. The van der Waals surface area contributed by atoms with Crippen molar-refractivity contribution in [1.82, 2.24) is 9.55 Å². The molecule has 0 aliphatic heterocycles. The zero-order chi connectivity index (χ0) is 16.2. The van der Waals surface area contributed by atoms with Gasteiger partial charge in [-0.1, -0.05) is 29.8 Å². The Morgan fingerprint density at radius 2 is 1.87 bits per heavy atom. The number of nitrogens with zero attached hydrogens (tertiary/aromatic N) is 2. The fourth-order valence-corrected chi connectivity index (χ4v) is 2.39. The van der Waals surface area contributed by atoms with Crippen LogP contribution in [0.15, 0.2) is 48.5 Å². The van der Waals surface area contributed by atoms with Crippen LogP contribution in [0.3, 0.4) is 0 Å². The van der Waals surface area contributed by atoms with E-state index in [0.29, 0.717) is 5.82 Å². The van der Waals surface area contributed by atoms with Gasteiger partial charge in [-0.15, -0.1) is 0 Å². The third-order valence-electron chi connectivity index (χ3n) is 3.64. The topological polar surface area (TPSA) is 53.4 Å². The third-order valence-corrected chi connectivity index (χ3v) is 3.64. The van der Waals surface area contributed by atoms with Gasteiger partial charge in [-0.05, 0) is 31.2 Å². The summed E-state index contributed by atoms with van der Waals surface area (Å²) in [6, 6.07) is 15.5. The minimum Gasteiger partial charge on any atom is -0.486 e. The molecule has 118 valence electrons. The summed E-state index contributed by atoms with van der Waals surface area (Å²) in [6.07, 6.45) is 0. The lowest BCUT2D eigenvalue weighted by Gasteiger charge is -2.09. The molecule has 0 radical (unpaired) electrons. The minimum atomic E-state index is -0.315. The van der Waals surface area contributed by atoms with Crippen LogP contribution < -0.4 is 4.74 Å². The molecule has 0 aliphatic rings. The molecule has 0 bridgehead atoms. The molecule has 5 nitrogen and oxygen atoms in total. The highest BCUT2D eigenvalue weighted by molar-refractivity contribution is 5.78. The zero-order valence-electron chi connectivity index (χ0n) is 13.2. The lowest BCUT2D eigenvalue weighted by molar-refractivity contribution is -0.141. The maximum absolute atomic E-state index is 11.7. The van der Waals surface area contributed by atoms with Crippen molar-refractivity contribution < 1.29 is 14.3 Å². The van der Waals surface area contributed by atoms with E-state index in [2.05, 4.69) is 4.98 Å². The summed E-state index contributed by atoms with van der Waals surface area (Å²) in [5.74, 6) is 1.15. The van der Waals surface area contributed by atoms with E-state index in [1.807, 2.05) is 60.0 Å². The largest absolute Gasteiger partial charge is 0.486 e. The van der Waals surface area contributed by atoms with E-state index >= 15 is 0 Å². The number of fused-ring (bicyclic) bond motifs is 1. The summed E-state index contributed by atoms with van der Waals surface area (Å²) in [6.45, 7) is 2.43. The van der Waals surface area contributed by atoms with Gasteiger partial charge in [0.1, 0.15) is 24.7 Å². The Hall–Kier alpha value is -2.82. The first-order valence-corrected chi connectivity index (χ1v) is 7.38. The SMILES string of the molecule is COC(=O)Cn1c(COc2ccc(C)cc2)nc2ccccc21. The lowest BCUT2D eigenvalue weighted by atomic mass is 10.2. The Kier molecular flexibility index (Phi) is 4.28. The van der Waals surface area contributed by atoms with E-state index < -0.39 is 0 Å². The fraction of sp³-hybridized carbons (Fsp3) is 0.222. The molecule has 0 spiro atoms. The van der Waals surface area contributed by atoms with Crippen molar-refractivity contribution in [2.75, 3.05) is 7.11 Å². The molecule has 23 heavy (non-hydrogen) atoms. The number of esters is 1. The molecule has 0 amide bonds. The van der Waals surface area contributed by atoms with E-state index in [4.69, 9.17) is 9.47 Å². The van der Waals surface area contributed by atoms with Crippen LogP contribution in [0.4, 0.5) is 0 Å². The van der Waals surface area contributed by atoms with Crippen molar-refractivity contribution in [3.63, 3.8) is 0 Å². The molecule has 5 heteroatoms. The van der Waals surface area contributed by atoms with E-state index in [0.717, 1.165) is 16.8 Å². The number of benzene rings is 2. The number of carbonyl (C=O) groups excluding carboxylic acids is 1. The summed E-state index contributed by atoms with van der Waals surface area (Å²) in [5.41, 5.74) is 2.90. The number of rotatable bonds is 5. The molecule has 0 unspecified atom stereocenters. The summed E-state index contributed by atoms with van der Waals surface area (Å²) < 4.78 is 12.4. The monoisotopic (exact) mass is 310 g/mol. The molecule has 0 saturated heterocycles. The first-order valence-electron chi connectivity index (χ1n) is 7.38. The summed E-state index contributed by atoms with van der Waals surface area (Å²) >= 11 is 0. The van der Waals surface area contributed by atoms with E-state index in [-0.39, 0.29) is 19.1 Å². The van der Waals surface area contributed by atoms with Gasteiger partial charge >= 0.3 is 5.97 Å². The predicted octanol–water partition coefficient (Wildman–Crippen LogP) is 3.10. The van der Waals surface area contributed by atoms with Gasteiger partial charge in [0.05, 0.1) is 18.1 Å². The quantitative estimate of drug-likeness (QED) is 0.680. The maximum atomic E-state index is 11.7. The van der Waals surface area contributed by atoms with Crippen LogP contribution in [0.2, 0.25) is 0 Å². The van der Waals surface area contributed by atoms with Gasteiger partial charge in [0.2, 0.25) is 0 Å². The van der Waals surface area contributed by atoms with Crippen molar-refractivity contribution in [3.8, 4) is 5.75 Å². The molecule has 3 aromatic rings. The van der Waals surface area contributed by atoms with Gasteiger partial charge in [0.25, 0.3) is 0 Å². The molecule has 1 aromatic heterocycles. The molecule has 3 rings (SSSR count). The number of aryl methyl sites for hydroxylation is 1. The number of aromatic nitrogens is 2. The van der Waals surface area contributed by atoms with E-state index in [1.54, 1.807) is 0 Å². The highest BCUT2D eigenvalue weighted by Crippen LogP contribution is 2.19. The molecule has 0 fully saturated rings. The first-order chi connectivity index (χ1) is 11.2. The van der Waals surface area contributed by atoms with E-state index in [1.165, 1.54) is 12.7 Å². The van der Waals surface area contributed by atoms with Crippen LogP contribution in [-0.2, 0) is 22.7 Å². The first kappa shape index (κ1) is 15.1. The normalized spacial score (nSPS) is 10.7. The third kappa shape index (κ3) is 3.34. The molecular weight excluding hydrogens is 292 g/mol. The van der Waals surface area contributed by atoms with Crippen molar-refractivity contribution in [3.05, 3.63) is 59.9 Å². The summed E-state index contributed by atoms with van der Waals surface area (Å²) in [7, 11) is 1.38. The van der Waals surface area contributed by atoms with Gasteiger partial charge in [0.15, 0.2) is 0 Å². The van der Waals surface area contributed by atoms with Crippen LogP contribution >= 0.6 is 0 Å². The Labute approximate surface area is 134 Å². The fourth-order valence-electron chi connectivity index (χ4n) is 2.39. The second kappa shape index (κ2) is 6.52. The second-order valence-corrected chi connectivity index (χ2v) is 5.28. The molecular formula is C18H18N2O3. The van der Waals surface area contributed by atoms with Crippen LogP contribution in [0.5, 0.6) is 5.75 Å². The summed E-state index contributed by atoms with van der Waals surface area (Å²) in [4.78, 5) is 16.2. The lowest BCUT2D eigenvalue weighted by Crippen LogP contribution is -2.15. The Bertz CT molecular complexity index is 822. The molecule has 2 aromatic carbocycles. The summed E-state index contributed by atoms with van der Waals surface area (Å²) in [5, 5.41) is 0. The number of methoxy groups -OCH3 is 1. The van der Waals surface area contributed by atoms with Gasteiger partial charge < -0.3 is 14.0 Å². The molecule has 1 heterocycles. The number of hydrogen-bond donors (Lipinski definition) is 0. The molecule has 0 saturated carbocycles. The number of carbonyl (C=O) groups is 1. The van der Waals surface area contributed by atoms with Crippen LogP contribution in [0.1, 0.15) is 11.4 Å². The van der Waals surface area contributed by atoms with Crippen LogP contribution in [-0.4, -0.2) is 22.6 Å². The zero-order valence-corrected chi connectivity index (χ0v) is 13.2. The number of para-hydroxylation sites is 2. The van der Waals surface area contributed by atoms with Gasteiger partial charge in [-0.3, -0.25) is 4.79 Å². The van der Waals surface area contributed by atoms with Crippen molar-refractivity contribution in [2.24, 2.45) is 0 Å². The highest BCUT2D eigenvalue weighted by Gasteiger charge is 2.14. The van der Waals surface area contributed by atoms with Crippen molar-refractivity contribution in [2.45, 2.75) is 20.1 Å². The van der Waals surface area contributed by atoms with Crippen molar-refractivity contribution >= 4 is 17.0 Å². The van der Waals surface area contributed by atoms with Gasteiger partial charge in [-0.25, -0.2) is 4.98 Å². The predicted molar refractivity (Wildman–Crippen MR) is 87.3 cm³/mol. The second-order valence-electron chi connectivity index (χ2n) is 5.28. The smallest absolute Gasteiger partial charge is 0.325 e. The highest BCUT2D eigenvalue weighted by atomic mass is 16.5. The van der Waals surface area contributed by atoms with E-state index in [9.17, 15) is 4.79 Å². The standard InChI is InChI=1S/C18H18N2O3/c1-13-7-9-14(10-8-13)23-12-17-19-15-5-3-4-6-16(15)20(17)11-18(21)22-2/h3-10H,11-12H2,1-2H3. The maximum Gasteiger partial charge on any atom is 0.325 e. The minimum absolute atomic E-state index is 0.115. The number of ether oxygens (including phenoxy) is 2. The van der Waals surface area contributed by atoms with Gasteiger partial charge in [-0.2, -0.15) is 0 Å². The molecule has 0 aliphatic carbocycles. The Morgan fingerprint density at radius 1 is 1.13 bits per heavy atom. The average molecular weight is 310 g/mol. The van der Waals surface area contributed by atoms with Crippen molar-refractivity contribution in [1.29, 1.82) is 0 Å². The van der Waals surface area contributed by atoms with Crippen LogP contribution in [0.25, 0.3) is 11.0 Å². The Balaban J connectivity index is 1.87. The molecule has 0 atom stereocenters. The van der Waals surface area contributed by atoms with Crippen LogP contribution in [0, 0.1) is 6.92 Å². The number of hydrogen-bond acceptors (Lipinski definition) is 4. The number of imidazole rings is 1. The van der Waals surface area contributed by atoms with Gasteiger partial charge in [0, 0.05) is 0 Å². The Morgan fingerprint density at radius 3 is 2.61 bits per heavy atom. The average Bonchev–Trinajstić information content (AvgIpc) is 2.92.